The minimum absolute atomic E-state index is 0.705. The fourth-order valence-corrected chi connectivity index (χ4v) is 13.3. The van der Waals surface area contributed by atoms with Crippen LogP contribution in [0.3, 0.4) is 0 Å². The lowest BCUT2D eigenvalue weighted by atomic mass is 9.67. The Kier molecular flexibility index (Phi) is 13.3. The zero-order chi connectivity index (χ0) is 56.5. The topological polar surface area (TPSA) is 0 Å². The Morgan fingerprint density at radius 2 is 0.376 bits per heavy atom. The lowest BCUT2D eigenvalue weighted by Gasteiger charge is -2.34. The van der Waals surface area contributed by atoms with Gasteiger partial charge in [-0.05, 0) is 211 Å². The van der Waals surface area contributed by atoms with Gasteiger partial charge in [-0.2, -0.15) is 0 Å². The van der Waals surface area contributed by atoms with Gasteiger partial charge in [0, 0.05) is 0 Å². The summed E-state index contributed by atoms with van der Waals surface area (Å²) in [5.41, 5.74) is 30.5. The van der Waals surface area contributed by atoms with Crippen LogP contribution in [-0.4, -0.2) is 0 Å². The molecular formula is C85H58. The maximum absolute atomic E-state index is 2.47. The number of fused-ring (bicyclic) bond motifs is 3. The van der Waals surface area contributed by atoms with E-state index in [4.69, 9.17) is 0 Å². The summed E-state index contributed by atoms with van der Waals surface area (Å²) in [6, 6.07) is 130. The van der Waals surface area contributed by atoms with Crippen molar-refractivity contribution in [3.63, 3.8) is 0 Å². The van der Waals surface area contributed by atoms with Gasteiger partial charge >= 0.3 is 0 Å². The van der Waals surface area contributed by atoms with Crippen molar-refractivity contribution in [3.05, 3.63) is 374 Å². The van der Waals surface area contributed by atoms with Gasteiger partial charge in [0.2, 0.25) is 0 Å². The highest BCUT2D eigenvalue weighted by Gasteiger charge is 2.47. The summed E-state index contributed by atoms with van der Waals surface area (Å²) in [6.45, 7) is 0. The standard InChI is InChI=1S/C85H58/c1-6-24-59(25-7-1)64-34-20-41-71(50-64)80-45-23-47-83-84(80)81-44-16-17-46-82(81)85(83,78-42-21-39-69(57-78)65-35-18-37-67(48-65)76-53-72(60-26-8-2-9-27-60)51-73(54-76)61-28-10-3-11-29-61)79-43-22-40-70(58-79)66-36-19-38-68(49-66)77-55-74(62-30-12-4-13-31-62)52-75(56-77)63-32-14-5-15-33-63/h1-58H. The number of hydrogen-bond donors (Lipinski definition) is 0. The van der Waals surface area contributed by atoms with Gasteiger partial charge < -0.3 is 0 Å². The molecule has 0 heteroatoms. The summed E-state index contributed by atoms with van der Waals surface area (Å²) < 4.78 is 0. The van der Waals surface area contributed by atoms with Gasteiger partial charge in [-0.3, -0.25) is 0 Å². The molecule has 0 saturated carbocycles. The third-order valence-corrected chi connectivity index (χ3v) is 17.3. The lowest BCUT2D eigenvalue weighted by Crippen LogP contribution is -2.28. The second-order valence-corrected chi connectivity index (χ2v) is 22.4. The van der Waals surface area contributed by atoms with E-state index in [1.54, 1.807) is 0 Å². The second kappa shape index (κ2) is 22.1. The Bertz CT molecular complexity index is 4400. The molecule has 0 N–H and O–H groups in total. The Balaban J connectivity index is 0.904. The first-order valence-electron chi connectivity index (χ1n) is 29.4. The van der Waals surface area contributed by atoms with Gasteiger partial charge in [0.25, 0.3) is 0 Å². The summed E-state index contributed by atoms with van der Waals surface area (Å²) in [7, 11) is 0. The third-order valence-electron chi connectivity index (χ3n) is 17.3. The molecule has 1 aliphatic carbocycles. The maximum atomic E-state index is 2.47. The summed E-state index contributed by atoms with van der Waals surface area (Å²) in [4.78, 5) is 0. The van der Waals surface area contributed by atoms with E-state index in [1.807, 2.05) is 0 Å². The van der Waals surface area contributed by atoms with Gasteiger partial charge in [-0.15, -0.1) is 0 Å². The molecule has 398 valence electrons. The van der Waals surface area contributed by atoms with Crippen LogP contribution < -0.4 is 0 Å². The highest BCUT2D eigenvalue weighted by atomic mass is 14.5. The van der Waals surface area contributed by atoms with Crippen molar-refractivity contribution in [2.45, 2.75) is 5.41 Å². The van der Waals surface area contributed by atoms with Gasteiger partial charge in [-0.1, -0.05) is 285 Å². The Morgan fingerprint density at radius 1 is 0.141 bits per heavy atom. The van der Waals surface area contributed by atoms with Crippen molar-refractivity contribution in [3.8, 4) is 122 Å². The molecule has 0 radical (unpaired) electrons. The third kappa shape index (κ3) is 9.60. The molecule has 0 fully saturated rings. The zero-order valence-electron chi connectivity index (χ0n) is 47.0. The van der Waals surface area contributed by atoms with E-state index in [2.05, 4.69) is 352 Å². The van der Waals surface area contributed by atoms with E-state index in [0.29, 0.717) is 0 Å². The normalized spacial score (nSPS) is 12.1. The van der Waals surface area contributed by atoms with Crippen LogP contribution in [0.5, 0.6) is 0 Å². The van der Waals surface area contributed by atoms with Crippen molar-refractivity contribution in [2.24, 2.45) is 0 Å². The fraction of sp³-hybridized carbons (Fsp3) is 0.0118. The fourth-order valence-electron chi connectivity index (χ4n) is 13.3. The molecule has 0 spiro atoms. The molecule has 15 rings (SSSR count). The molecule has 0 unspecified atom stereocenters. The van der Waals surface area contributed by atoms with E-state index >= 15 is 0 Å². The molecule has 0 heterocycles. The smallest absolute Gasteiger partial charge is 0.0622 e. The predicted octanol–water partition coefficient (Wildman–Crippen LogP) is 22.7. The van der Waals surface area contributed by atoms with Crippen LogP contribution in [0.15, 0.2) is 352 Å². The van der Waals surface area contributed by atoms with Crippen LogP contribution in [-0.2, 0) is 5.41 Å². The molecule has 0 atom stereocenters. The first kappa shape index (κ1) is 51.0. The number of benzene rings is 14. The van der Waals surface area contributed by atoms with Crippen LogP contribution in [0.4, 0.5) is 0 Å². The predicted molar refractivity (Wildman–Crippen MR) is 358 cm³/mol. The summed E-state index contributed by atoms with van der Waals surface area (Å²) >= 11 is 0. The van der Waals surface area contributed by atoms with Gasteiger partial charge in [0.1, 0.15) is 0 Å². The number of rotatable bonds is 12. The van der Waals surface area contributed by atoms with E-state index in [9.17, 15) is 0 Å². The quantitative estimate of drug-likeness (QED) is 0.114. The van der Waals surface area contributed by atoms with Gasteiger partial charge in [0.15, 0.2) is 0 Å². The van der Waals surface area contributed by atoms with Crippen LogP contribution >= 0.6 is 0 Å². The summed E-state index contributed by atoms with van der Waals surface area (Å²) in [5.74, 6) is 0. The van der Waals surface area contributed by atoms with Crippen LogP contribution in [0.25, 0.3) is 122 Å². The average Bonchev–Trinajstić information content (AvgIpc) is 1.71. The molecule has 85 heavy (non-hydrogen) atoms. The van der Waals surface area contributed by atoms with Crippen LogP contribution in [0.2, 0.25) is 0 Å². The Hall–Kier alpha value is -10.9. The molecule has 0 nitrogen and oxygen atoms in total. The minimum Gasteiger partial charge on any atom is -0.0622 e. The van der Waals surface area contributed by atoms with E-state index in [0.717, 1.165) is 22.3 Å². The van der Waals surface area contributed by atoms with E-state index in [1.165, 1.54) is 122 Å². The molecule has 0 bridgehead atoms. The zero-order valence-corrected chi connectivity index (χ0v) is 47.0. The van der Waals surface area contributed by atoms with Crippen molar-refractivity contribution in [1.82, 2.24) is 0 Å². The molecular weight excluding hydrogens is 1020 g/mol. The Morgan fingerprint density at radius 3 is 0.788 bits per heavy atom. The van der Waals surface area contributed by atoms with Gasteiger partial charge in [0.05, 0.1) is 5.41 Å². The largest absolute Gasteiger partial charge is 0.0714 e. The highest BCUT2D eigenvalue weighted by Crippen LogP contribution is 2.59. The van der Waals surface area contributed by atoms with Crippen molar-refractivity contribution >= 4 is 0 Å². The highest BCUT2D eigenvalue weighted by molar-refractivity contribution is 5.97. The van der Waals surface area contributed by atoms with Crippen molar-refractivity contribution in [1.29, 1.82) is 0 Å². The SMILES string of the molecule is c1ccc(-c2cc(-c3ccccc3)cc(-c3cccc(-c4cccc(C5(c6cccc(-c7cccc(-c8cc(-c9ccccc9)cc(-c9ccccc9)c8)c7)c6)c6ccccc6-c6c(-c7cccc(-c8ccccc8)c7)cccc65)c4)c3)c2)cc1. The van der Waals surface area contributed by atoms with Crippen LogP contribution in [0.1, 0.15) is 22.3 Å². The lowest BCUT2D eigenvalue weighted by molar-refractivity contribution is 0.769. The van der Waals surface area contributed by atoms with E-state index < -0.39 is 5.41 Å². The Labute approximate surface area is 499 Å². The second-order valence-electron chi connectivity index (χ2n) is 22.4. The van der Waals surface area contributed by atoms with Crippen molar-refractivity contribution < 1.29 is 0 Å². The molecule has 1 aliphatic rings. The molecule has 0 aliphatic heterocycles. The van der Waals surface area contributed by atoms with Crippen LogP contribution in [0, 0.1) is 0 Å². The summed E-state index contributed by atoms with van der Waals surface area (Å²) in [6.07, 6.45) is 0. The molecule has 14 aromatic rings. The molecule has 14 aromatic carbocycles. The molecule has 0 saturated heterocycles. The number of hydrogen-bond acceptors (Lipinski definition) is 0. The molecule has 0 amide bonds. The first-order chi connectivity index (χ1) is 42.1. The monoisotopic (exact) mass is 1080 g/mol. The summed E-state index contributed by atoms with van der Waals surface area (Å²) in [5, 5.41) is 0. The van der Waals surface area contributed by atoms with Crippen molar-refractivity contribution in [2.75, 3.05) is 0 Å². The molecule has 0 aromatic heterocycles. The van der Waals surface area contributed by atoms with E-state index in [-0.39, 0.29) is 0 Å². The minimum atomic E-state index is -0.705. The average molecular weight is 1080 g/mol. The first-order valence-corrected chi connectivity index (χ1v) is 29.4. The van der Waals surface area contributed by atoms with Gasteiger partial charge in [-0.25, -0.2) is 0 Å². The maximum Gasteiger partial charge on any atom is 0.0714 e.